The van der Waals surface area contributed by atoms with Gasteiger partial charge in [-0.15, -0.1) is 11.3 Å². The van der Waals surface area contributed by atoms with Crippen molar-refractivity contribution in [2.75, 3.05) is 16.6 Å². The zero-order chi connectivity index (χ0) is 32.8. The first kappa shape index (κ1) is 33.8. The number of unbranched alkanes of at least 4 members (excludes halogenated alkanes) is 3. The normalized spacial score (nSPS) is 11.8. The Hall–Kier alpha value is -4.08. The van der Waals surface area contributed by atoms with Gasteiger partial charge in [-0.05, 0) is 43.2 Å². The molecule has 4 aromatic rings. The largest absolute Gasteiger partial charge is 0.354 e. The highest BCUT2D eigenvalue weighted by molar-refractivity contribution is 7.92. The minimum absolute atomic E-state index is 0.0334. The van der Waals surface area contributed by atoms with Crippen LogP contribution >= 0.6 is 11.3 Å². The van der Waals surface area contributed by atoms with Gasteiger partial charge in [-0.2, -0.15) is 0 Å². The Morgan fingerprint density at radius 1 is 0.956 bits per heavy atom. The third-order valence-electron chi connectivity index (χ3n) is 6.58. The monoisotopic (exact) mass is 662 g/mol. The first-order valence-electron chi connectivity index (χ1n) is 14.1. The fourth-order valence-electron chi connectivity index (χ4n) is 4.32. The smallest absolute Gasteiger partial charge is 0.267 e. The van der Waals surface area contributed by atoms with E-state index in [1.807, 2.05) is 25.5 Å². The summed E-state index contributed by atoms with van der Waals surface area (Å²) in [4.78, 5) is 24.0. The van der Waals surface area contributed by atoms with Crippen LogP contribution in [0.2, 0.25) is 0 Å². The quantitative estimate of drug-likeness (QED) is 0.0707. The Morgan fingerprint density at radius 2 is 1.64 bits per heavy atom. The Bertz CT molecular complexity index is 1760. The number of thiazole rings is 1. The summed E-state index contributed by atoms with van der Waals surface area (Å²) in [6.07, 6.45) is 4.92. The second-order valence-electron chi connectivity index (χ2n) is 11.2. The minimum Gasteiger partial charge on any atom is -0.354 e. The van der Waals surface area contributed by atoms with Gasteiger partial charge in [-0.1, -0.05) is 45.7 Å². The lowest BCUT2D eigenvalue weighted by Crippen LogP contribution is -2.17. The highest BCUT2D eigenvalue weighted by atomic mass is 32.2. The molecule has 4 N–H and O–H groups in total. The number of aromatic nitrogens is 3. The highest BCUT2D eigenvalue weighted by Crippen LogP contribution is 2.42. The topological polar surface area (TPSA) is 146 Å². The number of halogens is 3. The summed E-state index contributed by atoms with van der Waals surface area (Å²) in [5.74, 6) is -3.67. The number of carbonyl (C=O) groups is 1. The summed E-state index contributed by atoms with van der Waals surface area (Å²) in [6, 6.07) is 8.29. The van der Waals surface area contributed by atoms with Crippen LogP contribution in [0.3, 0.4) is 0 Å². The van der Waals surface area contributed by atoms with Crippen molar-refractivity contribution in [2.45, 2.75) is 63.2 Å². The average Bonchev–Trinajstić information content (AvgIpc) is 3.44. The Morgan fingerprint density at radius 3 is 2.33 bits per heavy atom. The zero-order valence-corrected chi connectivity index (χ0v) is 26.5. The molecule has 0 bridgehead atoms. The van der Waals surface area contributed by atoms with E-state index in [-0.39, 0.29) is 17.7 Å². The minimum atomic E-state index is -4.82. The molecule has 0 radical (unpaired) electrons. The molecule has 4 rings (SSSR count). The second kappa shape index (κ2) is 14.3. The molecule has 0 fully saturated rings. The molecule has 0 aliphatic rings. The van der Waals surface area contributed by atoms with Gasteiger partial charge in [0.2, 0.25) is 11.9 Å². The van der Waals surface area contributed by atoms with Crippen LogP contribution < -0.4 is 15.5 Å². The summed E-state index contributed by atoms with van der Waals surface area (Å²) in [7, 11) is -4.82. The predicted molar refractivity (Wildman–Crippen MR) is 166 cm³/mol. The number of nitrogens with zero attached hydrogens (tertiary/aromatic N) is 3. The van der Waals surface area contributed by atoms with E-state index in [1.54, 1.807) is 17.7 Å². The number of hydroxylamine groups is 1. The van der Waals surface area contributed by atoms with E-state index in [2.05, 4.69) is 15.3 Å². The van der Waals surface area contributed by atoms with Gasteiger partial charge in [0.05, 0.1) is 27.0 Å². The molecule has 15 heteroatoms. The predicted octanol–water partition coefficient (Wildman–Crippen LogP) is 6.65. The van der Waals surface area contributed by atoms with Crippen LogP contribution in [0.1, 0.15) is 57.9 Å². The number of hydrogen-bond acceptors (Lipinski definition) is 9. The molecule has 0 aliphatic carbocycles. The second-order valence-corrected chi connectivity index (χ2v) is 13.8. The number of carbonyl (C=O) groups excluding carboxylic acids is 1. The van der Waals surface area contributed by atoms with Crippen molar-refractivity contribution in [2.24, 2.45) is 0 Å². The molecule has 10 nitrogen and oxygen atoms in total. The van der Waals surface area contributed by atoms with Gasteiger partial charge in [0, 0.05) is 30.1 Å². The lowest BCUT2D eigenvalue weighted by molar-refractivity contribution is -0.129. The van der Waals surface area contributed by atoms with E-state index < -0.39 is 49.4 Å². The van der Waals surface area contributed by atoms with Crippen LogP contribution in [0.5, 0.6) is 0 Å². The van der Waals surface area contributed by atoms with Gasteiger partial charge >= 0.3 is 0 Å². The van der Waals surface area contributed by atoms with Crippen LogP contribution in [0.4, 0.5) is 24.8 Å². The SMILES string of the molecule is CC(C)(C)c1nc(-c2cccc(NS(=O)(=O)c3c(F)cccc3F)c2F)c(-c2ccnc(NCCCCCCC(=O)NO)n2)s1. The van der Waals surface area contributed by atoms with Crippen LogP contribution in [-0.4, -0.2) is 41.0 Å². The third kappa shape index (κ3) is 8.35. The third-order valence-corrected chi connectivity index (χ3v) is 9.50. The van der Waals surface area contributed by atoms with E-state index in [0.717, 1.165) is 43.5 Å². The van der Waals surface area contributed by atoms with E-state index in [9.17, 15) is 22.0 Å². The lowest BCUT2D eigenvalue weighted by Gasteiger charge is -2.14. The number of amides is 1. The molecule has 240 valence electrons. The van der Waals surface area contributed by atoms with Gasteiger partial charge in [-0.25, -0.2) is 42.0 Å². The Balaban J connectivity index is 1.61. The number of nitrogens with one attached hydrogen (secondary N) is 3. The molecule has 45 heavy (non-hydrogen) atoms. The van der Waals surface area contributed by atoms with Crippen molar-refractivity contribution in [3.8, 4) is 21.8 Å². The molecule has 0 unspecified atom stereocenters. The van der Waals surface area contributed by atoms with Crippen molar-refractivity contribution in [1.29, 1.82) is 0 Å². The summed E-state index contributed by atoms with van der Waals surface area (Å²) >= 11 is 1.31. The fraction of sp³-hybridized carbons (Fsp3) is 0.333. The van der Waals surface area contributed by atoms with E-state index in [1.165, 1.54) is 23.5 Å². The first-order valence-corrected chi connectivity index (χ1v) is 16.4. The number of rotatable bonds is 13. The average molecular weight is 663 g/mol. The van der Waals surface area contributed by atoms with Crippen molar-refractivity contribution in [1.82, 2.24) is 20.4 Å². The van der Waals surface area contributed by atoms with Gasteiger partial charge in [-0.3, -0.25) is 14.7 Å². The van der Waals surface area contributed by atoms with Gasteiger partial charge in [0.1, 0.15) is 11.6 Å². The fourth-order valence-corrected chi connectivity index (χ4v) is 6.62. The van der Waals surface area contributed by atoms with Crippen molar-refractivity contribution < 1.29 is 31.6 Å². The molecule has 0 saturated carbocycles. The molecule has 0 aliphatic heterocycles. The number of sulfonamides is 1. The lowest BCUT2D eigenvalue weighted by atomic mass is 9.98. The first-order chi connectivity index (χ1) is 21.3. The summed E-state index contributed by atoms with van der Waals surface area (Å²) in [6.45, 7) is 6.42. The maximum Gasteiger partial charge on any atom is 0.267 e. The number of hydrogen-bond donors (Lipinski definition) is 4. The van der Waals surface area contributed by atoms with Crippen molar-refractivity contribution >= 4 is 38.9 Å². The van der Waals surface area contributed by atoms with E-state index in [0.29, 0.717) is 34.5 Å². The summed E-state index contributed by atoms with van der Waals surface area (Å²) < 4.78 is 72.3. The molecule has 2 aromatic heterocycles. The molecule has 2 heterocycles. The van der Waals surface area contributed by atoms with Crippen LogP contribution in [0.15, 0.2) is 53.6 Å². The molecule has 0 spiro atoms. The number of benzene rings is 2. The Kier molecular flexibility index (Phi) is 10.8. The molecular formula is C30H33F3N6O4S2. The van der Waals surface area contributed by atoms with E-state index in [4.69, 9.17) is 10.2 Å². The van der Waals surface area contributed by atoms with Crippen molar-refractivity contribution in [3.05, 3.63) is 71.1 Å². The van der Waals surface area contributed by atoms with Crippen LogP contribution in [-0.2, 0) is 20.2 Å². The molecule has 1 amide bonds. The summed E-state index contributed by atoms with van der Waals surface area (Å²) in [5, 5.41) is 12.4. The number of anilines is 2. The summed E-state index contributed by atoms with van der Waals surface area (Å²) in [5.41, 5.74) is 1.34. The molecule has 0 atom stereocenters. The van der Waals surface area contributed by atoms with Crippen LogP contribution in [0, 0.1) is 17.5 Å². The molecule has 0 saturated heterocycles. The van der Waals surface area contributed by atoms with Gasteiger partial charge in [0.15, 0.2) is 10.7 Å². The van der Waals surface area contributed by atoms with Gasteiger partial charge in [0.25, 0.3) is 10.0 Å². The van der Waals surface area contributed by atoms with Crippen molar-refractivity contribution in [3.63, 3.8) is 0 Å². The maximum absolute atomic E-state index is 16.0. The van der Waals surface area contributed by atoms with E-state index >= 15 is 4.39 Å². The Labute approximate surface area is 263 Å². The van der Waals surface area contributed by atoms with Crippen LogP contribution in [0.25, 0.3) is 21.8 Å². The zero-order valence-electron chi connectivity index (χ0n) is 24.8. The standard InChI is InChI=1S/C30H33F3N6O4S2/c1-30(2,3)28-37-25(18-10-8-13-21(24(18)33)39-45(42,43)27-19(31)11-9-12-20(27)32)26(44-28)22-15-17-35-29(36-22)34-16-7-5-4-6-14-23(40)38-41/h8-13,15,17,39,41H,4-7,14,16H2,1-3H3,(H,38,40)(H,34,35,36). The molecular weight excluding hydrogens is 629 g/mol. The molecule has 2 aromatic carbocycles. The maximum atomic E-state index is 16.0. The van der Waals surface area contributed by atoms with Gasteiger partial charge < -0.3 is 5.32 Å². The highest BCUT2D eigenvalue weighted by Gasteiger charge is 2.28.